The van der Waals surface area contributed by atoms with E-state index in [9.17, 15) is 14.7 Å². The van der Waals surface area contributed by atoms with Crippen molar-refractivity contribution in [1.82, 2.24) is 9.55 Å². The van der Waals surface area contributed by atoms with Crippen LogP contribution in [0, 0.1) is 5.41 Å². The van der Waals surface area contributed by atoms with Gasteiger partial charge in [-0.2, -0.15) is 0 Å². The summed E-state index contributed by atoms with van der Waals surface area (Å²) in [5.74, 6) is -0.287. The number of nitrogens with one attached hydrogen (secondary N) is 1. The fourth-order valence-corrected chi connectivity index (χ4v) is 3.19. The normalized spacial score (nSPS) is 18.4. The van der Waals surface area contributed by atoms with Gasteiger partial charge < -0.3 is 5.11 Å². The second-order valence-corrected chi connectivity index (χ2v) is 6.61. The molecular formula is C15H24N2O3. The van der Waals surface area contributed by atoms with E-state index in [-0.39, 0.29) is 17.2 Å². The first kappa shape index (κ1) is 14.9. The van der Waals surface area contributed by atoms with Crippen molar-refractivity contribution >= 4 is 0 Å². The van der Waals surface area contributed by atoms with Gasteiger partial charge in [0.2, 0.25) is 5.88 Å². The Labute approximate surface area is 118 Å². The van der Waals surface area contributed by atoms with E-state index in [1.54, 1.807) is 0 Å². The Morgan fingerprint density at radius 1 is 1.25 bits per heavy atom. The minimum absolute atomic E-state index is 0.0199. The van der Waals surface area contributed by atoms with Crippen LogP contribution < -0.4 is 11.2 Å². The van der Waals surface area contributed by atoms with E-state index >= 15 is 0 Å². The lowest BCUT2D eigenvalue weighted by molar-refractivity contribution is 0.172. The van der Waals surface area contributed by atoms with E-state index in [1.807, 2.05) is 13.8 Å². The van der Waals surface area contributed by atoms with Gasteiger partial charge in [0, 0.05) is 6.54 Å². The number of rotatable bonds is 3. The second-order valence-electron chi connectivity index (χ2n) is 6.61. The first-order chi connectivity index (χ1) is 9.34. The molecule has 5 heteroatoms. The molecule has 0 aliphatic heterocycles. The third kappa shape index (κ3) is 2.81. The number of aromatic amines is 1. The van der Waals surface area contributed by atoms with Gasteiger partial charge in [0.25, 0.3) is 5.56 Å². The molecule has 5 nitrogen and oxygen atoms in total. The summed E-state index contributed by atoms with van der Waals surface area (Å²) in [6.07, 6.45) is 5.65. The van der Waals surface area contributed by atoms with E-state index < -0.39 is 11.2 Å². The minimum Gasteiger partial charge on any atom is -0.494 e. The molecule has 1 aliphatic carbocycles. The van der Waals surface area contributed by atoms with Crippen LogP contribution in [-0.2, 0) is 6.54 Å². The number of H-pyrrole nitrogens is 1. The molecule has 1 aromatic heterocycles. The molecule has 2 N–H and O–H groups in total. The number of nitrogens with zero attached hydrogens (tertiary/aromatic N) is 1. The van der Waals surface area contributed by atoms with Gasteiger partial charge in [-0.3, -0.25) is 14.3 Å². The van der Waals surface area contributed by atoms with Crippen molar-refractivity contribution < 1.29 is 5.11 Å². The molecule has 2 rings (SSSR count). The van der Waals surface area contributed by atoms with Crippen molar-refractivity contribution in [2.45, 2.75) is 65.3 Å². The van der Waals surface area contributed by atoms with Gasteiger partial charge in [0.15, 0.2) is 0 Å². The van der Waals surface area contributed by atoms with Crippen LogP contribution in [0.2, 0.25) is 0 Å². The van der Waals surface area contributed by atoms with Gasteiger partial charge in [-0.1, -0.05) is 40.0 Å². The topological polar surface area (TPSA) is 75.1 Å². The van der Waals surface area contributed by atoms with Crippen LogP contribution in [0.5, 0.6) is 5.88 Å². The van der Waals surface area contributed by atoms with Crippen LogP contribution in [0.1, 0.15) is 64.4 Å². The third-order valence-corrected chi connectivity index (χ3v) is 4.38. The molecule has 1 aromatic rings. The first-order valence-electron chi connectivity index (χ1n) is 7.40. The van der Waals surface area contributed by atoms with Crippen molar-refractivity contribution in [3.63, 3.8) is 0 Å². The smallest absolute Gasteiger partial charge is 0.331 e. The molecule has 0 amide bonds. The molecule has 1 aliphatic rings. The summed E-state index contributed by atoms with van der Waals surface area (Å²) in [6.45, 7) is 6.29. The molecule has 20 heavy (non-hydrogen) atoms. The molecule has 0 saturated heterocycles. The number of aromatic hydroxyl groups is 1. The highest BCUT2D eigenvalue weighted by atomic mass is 16.3. The van der Waals surface area contributed by atoms with Crippen molar-refractivity contribution in [3.8, 4) is 5.88 Å². The van der Waals surface area contributed by atoms with Crippen molar-refractivity contribution in [2.75, 3.05) is 0 Å². The van der Waals surface area contributed by atoms with Gasteiger partial charge in [0.05, 0.1) is 5.56 Å². The van der Waals surface area contributed by atoms with Gasteiger partial charge >= 0.3 is 5.69 Å². The zero-order chi connectivity index (χ0) is 14.9. The summed E-state index contributed by atoms with van der Waals surface area (Å²) in [4.78, 5) is 26.1. The van der Waals surface area contributed by atoms with Gasteiger partial charge in [0.1, 0.15) is 0 Å². The summed E-state index contributed by atoms with van der Waals surface area (Å²) < 4.78 is 1.34. The lowest BCUT2D eigenvalue weighted by Gasteiger charge is -2.34. The summed E-state index contributed by atoms with van der Waals surface area (Å²) in [5.41, 5.74) is -0.674. The van der Waals surface area contributed by atoms with Gasteiger partial charge in [-0.25, -0.2) is 4.79 Å². The highest BCUT2D eigenvalue weighted by Gasteiger charge is 2.29. The average molecular weight is 280 g/mol. The molecule has 1 heterocycles. The van der Waals surface area contributed by atoms with E-state index in [2.05, 4.69) is 11.9 Å². The number of hydrogen-bond acceptors (Lipinski definition) is 3. The zero-order valence-corrected chi connectivity index (χ0v) is 12.5. The van der Waals surface area contributed by atoms with Crippen molar-refractivity contribution in [2.24, 2.45) is 5.41 Å². The maximum Gasteiger partial charge on any atom is 0.331 e. The maximum atomic E-state index is 12.0. The summed E-state index contributed by atoms with van der Waals surface area (Å²) >= 11 is 0. The summed E-state index contributed by atoms with van der Waals surface area (Å²) in [5, 5.41) is 10.3. The van der Waals surface area contributed by atoms with Gasteiger partial charge in [-0.05, 0) is 24.2 Å². The lowest BCUT2D eigenvalue weighted by atomic mass is 9.75. The molecular weight excluding hydrogens is 256 g/mol. The van der Waals surface area contributed by atoms with Crippen LogP contribution in [-0.4, -0.2) is 14.7 Å². The predicted octanol–water partition coefficient (Wildman–Crippen LogP) is 2.34. The number of aromatic nitrogens is 2. The monoisotopic (exact) mass is 280 g/mol. The van der Waals surface area contributed by atoms with E-state index in [4.69, 9.17) is 0 Å². The van der Waals surface area contributed by atoms with Crippen LogP contribution in [0.4, 0.5) is 0 Å². The standard InChI is InChI=1S/C15H24N2O3/c1-10(2)11-12(18)16-14(20)17(13(11)19)9-15(3)7-5-4-6-8-15/h10,19H,4-9H2,1-3H3,(H,16,18,20). The maximum absolute atomic E-state index is 12.0. The number of hydrogen-bond donors (Lipinski definition) is 2. The molecule has 112 valence electrons. The van der Waals surface area contributed by atoms with Crippen LogP contribution in [0.25, 0.3) is 0 Å². The minimum atomic E-state index is -0.510. The Hall–Kier alpha value is -1.52. The Morgan fingerprint density at radius 3 is 2.40 bits per heavy atom. The predicted molar refractivity (Wildman–Crippen MR) is 78.3 cm³/mol. The van der Waals surface area contributed by atoms with Gasteiger partial charge in [-0.15, -0.1) is 0 Å². The Bertz CT molecular complexity index is 592. The molecule has 0 bridgehead atoms. The van der Waals surface area contributed by atoms with E-state index in [0.717, 1.165) is 25.7 Å². The third-order valence-electron chi connectivity index (χ3n) is 4.38. The largest absolute Gasteiger partial charge is 0.494 e. The Morgan fingerprint density at radius 2 is 1.85 bits per heavy atom. The molecule has 0 atom stereocenters. The fraction of sp³-hybridized carbons (Fsp3) is 0.733. The van der Waals surface area contributed by atoms with Crippen LogP contribution in [0.3, 0.4) is 0 Å². The quantitative estimate of drug-likeness (QED) is 0.892. The van der Waals surface area contributed by atoms with Crippen molar-refractivity contribution in [1.29, 1.82) is 0 Å². The average Bonchev–Trinajstić information content (AvgIpc) is 2.34. The van der Waals surface area contributed by atoms with Crippen LogP contribution >= 0.6 is 0 Å². The Kier molecular flexibility index (Phi) is 4.06. The van der Waals surface area contributed by atoms with Crippen LogP contribution in [0.15, 0.2) is 9.59 Å². The molecule has 0 unspecified atom stereocenters. The molecule has 1 fully saturated rings. The SMILES string of the molecule is CC(C)c1c(O)n(CC2(C)CCCCC2)c(=O)[nH]c1=O. The lowest BCUT2D eigenvalue weighted by Crippen LogP contribution is -2.37. The Balaban J connectivity index is 2.44. The second kappa shape index (κ2) is 5.46. The van der Waals surface area contributed by atoms with E-state index in [0.29, 0.717) is 12.1 Å². The first-order valence-corrected chi connectivity index (χ1v) is 7.40. The zero-order valence-electron chi connectivity index (χ0n) is 12.5. The summed E-state index contributed by atoms with van der Waals surface area (Å²) in [7, 11) is 0. The molecule has 0 radical (unpaired) electrons. The highest BCUT2D eigenvalue weighted by Crippen LogP contribution is 2.37. The molecule has 0 spiro atoms. The summed E-state index contributed by atoms with van der Waals surface area (Å²) in [6, 6.07) is 0. The molecule has 0 aromatic carbocycles. The highest BCUT2D eigenvalue weighted by molar-refractivity contribution is 5.25. The fourth-order valence-electron chi connectivity index (χ4n) is 3.19. The van der Waals surface area contributed by atoms with E-state index in [1.165, 1.54) is 11.0 Å². The van der Waals surface area contributed by atoms with Crippen molar-refractivity contribution in [3.05, 3.63) is 26.4 Å². The molecule has 1 saturated carbocycles.